The number of rotatable bonds is 5. The summed E-state index contributed by atoms with van der Waals surface area (Å²) in [5, 5.41) is 0. The van der Waals surface area contributed by atoms with Crippen molar-refractivity contribution in [3.63, 3.8) is 0 Å². The van der Waals surface area contributed by atoms with Crippen molar-refractivity contribution in [2.75, 3.05) is 44.2 Å². The molecule has 1 aromatic carbocycles. The maximum absolute atomic E-state index is 12.7. The quantitative estimate of drug-likeness (QED) is 0.785. The van der Waals surface area contributed by atoms with Gasteiger partial charge in [-0.3, -0.25) is 14.5 Å². The Morgan fingerprint density at radius 3 is 2.43 bits per heavy atom. The van der Waals surface area contributed by atoms with Gasteiger partial charge in [-0.25, -0.2) is 0 Å². The highest BCUT2D eigenvalue weighted by molar-refractivity contribution is 5.95. The summed E-state index contributed by atoms with van der Waals surface area (Å²) in [5.41, 5.74) is 2.37. The van der Waals surface area contributed by atoms with Gasteiger partial charge in [0, 0.05) is 57.8 Å². The van der Waals surface area contributed by atoms with Crippen molar-refractivity contribution in [2.45, 2.75) is 51.4 Å². The zero-order chi connectivity index (χ0) is 19.3. The van der Waals surface area contributed by atoms with E-state index in [1.54, 1.807) is 0 Å². The lowest BCUT2D eigenvalue weighted by Crippen LogP contribution is -2.49. The molecule has 3 aliphatic rings. The molecule has 0 radical (unpaired) electrons. The van der Waals surface area contributed by atoms with Gasteiger partial charge in [-0.15, -0.1) is 0 Å². The molecule has 1 aromatic rings. The lowest BCUT2D eigenvalue weighted by atomic mass is 9.86. The molecule has 2 aliphatic heterocycles. The molecule has 2 amide bonds. The largest absolute Gasteiger partial charge is 0.340 e. The van der Waals surface area contributed by atoms with Crippen LogP contribution in [0, 0.1) is 5.92 Å². The first kappa shape index (κ1) is 19.4. The van der Waals surface area contributed by atoms with Crippen molar-refractivity contribution in [1.29, 1.82) is 0 Å². The Hall–Kier alpha value is -1.88. The third kappa shape index (κ3) is 4.57. The average molecular weight is 384 g/mol. The number of fused-ring (bicyclic) bond motifs is 1. The zero-order valence-corrected chi connectivity index (χ0v) is 16.9. The van der Waals surface area contributed by atoms with Crippen LogP contribution in [-0.2, 0) is 16.0 Å². The molecule has 1 saturated heterocycles. The first-order valence-corrected chi connectivity index (χ1v) is 11.1. The molecule has 0 atom stereocenters. The smallest absolute Gasteiger partial charge is 0.228 e. The van der Waals surface area contributed by atoms with Gasteiger partial charge in [0.25, 0.3) is 0 Å². The molecule has 0 N–H and O–H groups in total. The van der Waals surface area contributed by atoms with Crippen molar-refractivity contribution in [3.8, 4) is 0 Å². The topological polar surface area (TPSA) is 43.9 Å². The third-order valence-corrected chi connectivity index (χ3v) is 6.74. The van der Waals surface area contributed by atoms with E-state index in [0.717, 1.165) is 57.8 Å². The molecule has 0 bridgehead atoms. The van der Waals surface area contributed by atoms with Crippen LogP contribution in [0.1, 0.15) is 50.5 Å². The monoisotopic (exact) mass is 383 g/mol. The number of amides is 2. The van der Waals surface area contributed by atoms with Gasteiger partial charge >= 0.3 is 0 Å². The van der Waals surface area contributed by atoms with E-state index in [-0.39, 0.29) is 5.91 Å². The Labute approximate surface area is 168 Å². The highest BCUT2D eigenvalue weighted by Gasteiger charge is 2.27. The van der Waals surface area contributed by atoms with Crippen molar-refractivity contribution in [3.05, 3.63) is 29.8 Å². The molecule has 2 heterocycles. The Morgan fingerprint density at radius 1 is 0.893 bits per heavy atom. The molecule has 0 unspecified atom stereocenters. The highest BCUT2D eigenvalue weighted by Crippen LogP contribution is 2.28. The van der Waals surface area contributed by atoms with Crippen LogP contribution in [0.25, 0.3) is 0 Å². The van der Waals surface area contributed by atoms with Crippen LogP contribution in [0.4, 0.5) is 5.69 Å². The molecular weight excluding hydrogens is 350 g/mol. The number of para-hydroxylation sites is 1. The van der Waals surface area contributed by atoms with Gasteiger partial charge in [0.05, 0.1) is 0 Å². The van der Waals surface area contributed by atoms with Crippen molar-refractivity contribution >= 4 is 17.5 Å². The Bertz CT molecular complexity index is 691. The fourth-order valence-corrected chi connectivity index (χ4v) is 4.97. The van der Waals surface area contributed by atoms with E-state index in [1.807, 2.05) is 21.9 Å². The fraction of sp³-hybridized carbons (Fsp3) is 0.652. The van der Waals surface area contributed by atoms with Crippen LogP contribution in [0.3, 0.4) is 0 Å². The van der Waals surface area contributed by atoms with Gasteiger partial charge in [-0.05, 0) is 36.8 Å². The number of benzene rings is 1. The van der Waals surface area contributed by atoms with Crippen LogP contribution in [0.5, 0.6) is 0 Å². The first-order valence-electron chi connectivity index (χ1n) is 11.1. The van der Waals surface area contributed by atoms with E-state index in [4.69, 9.17) is 0 Å². The Balaban J connectivity index is 1.19. The second-order valence-corrected chi connectivity index (χ2v) is 8.60. The summed E-state index contributed by atoms with van der Waals surface area (Å²) < 4.78 is 0. The number of carbonyl (C=O) groups is 2. The summed E-state index contributed by atoms with van der Waals surface area (Å²) in [5.74, 6) is 1.18. The summed E-state index contributed by atoms with van der Waals surface area (Å²) >= 11 is 0. The minimum Gasteiger partial charge on any atom is -0.340 e. The van der Waals surface area contributed by atoms with E-state index in [9.17, 15) is 9.59 Å². The molecule has 5 nitrogen and oxygen atoms in total. The van der Waals surface area contributed by atoms with Gasteiger partial charge in [-0.1, -0.05) is 37.5 Å². The molecule has 5 heteroatoms. The highest BCUT2D eigenvalue weighted by atomic mass is 16.2. The van der Waals surface area contributed by atoms with E-state index < -0.39 is 0 Å². The maximum atomic E-state index is 12.7. The van der Waals surface area contributed by atoms with Crippen molar-refractivity contribution in [1.82, 2.24) is 9.80 Å². The van der Waals surface area contributed by atoms with Crippen LogP contribution in [-0.4, -0.2) is 60.9 Å². The first-order chi connectivity index (χ1) is 13.7. The van der Waals surface area contributed by atoms with Crippen LogP contribution >= 0.6 is 0 Å². The molecular formula is C23H33N3O2. The summed E-state index contributed by atoms with van der Waals surface area (Å²) in [6.45, 7) is 5.00. The standard InChI is InChI=1S/C23H33N3O2/c27-22(26-13-10-20-8-4-5-9-21(20)26)11-12-24-14-16-25(17-15-24)23(28)18-19-6-2-1-3-7-19/h4-5,8-9,19H,1-3,6-7,10-18H2. The maximum Gasteiger partial charge on any atom is 0.228 e. The SMILES string of the molecule is O=C(CC1CCCCC1)N1CCN(CCC(=O)N2CCc3ccccc32)CC1. The van der Waals surface area contributed by atoms with Crippen molar-refractivity contribution < 1.29 is 9.59 Å². The summed E-state index contributed by atoms with van der Waals surface area (Å²) in [4.78, 5) is 31.6. The van der Waals surface area contributed by atoms with E-state index in [2.05, 4.69) is 17.0 Å². The number of piperazine rings is 1. The van der Waals surface area contributed by atoms with Gasteiger partial charge in [0.15, 0.2) is 0 Å². The summed E-state index contributed by atoms with van der Waals surface area (Å²) in [7, 11) is 0. The molecule has 2 fully saturated rings. The Kier molecular flexibility index (Phi) is 6.30. The number of nitrogens with zero attached hydrogens (tertiary/aromatic N) is 3. The summed E-state index contributed by atoms with van der Waals surface area (Å²) in [6.07, 6.45) is 8.65. The predicted octanol–water partition coefficient (Wildman–Crippen LogP) is 3.08. The van der Waals surface area contributed by atoms with Gasteiger partial charge < -0.3 is 9.80 Å². The van der Waals surface area contributed by atoms with Crippen LogP contribution in [0.2, 0.25) is 0 Å². The molecule has 152 valence electrons. The Morgan fingerprint density at radius 2 is 1.64 bits per heavy atom. The molecule has 28 heavy (non-hydrogen) atoms. The molecule has 0 aromatic heterocycles. The molecule has 1 saturated carbocycles. The molecule has 0 spiro atoms. The predicted molar refractivity (Wildman–Crippen MR) is 111 cm³/mol. The molecule has 1 aliphatic carbocycles. The minimum absolute atomic E-state index is 0.223. The van der Waals surface area contributed by atoms with E-state index in [0.29, 0.717) is 18.2 Å². The zero-order valence-electron chi connectivity index (χ0n) is 16.9. The summed E-state index contributed by atoms with van der Waals surface area (Å²) in [6, 6.07) is 8.22. The lowest BCUT2D eigenvalue weighted by molar-refractivity contribution is -0.134. The number of hydrogen-bond donors (Lipinski definition) is 0. The number of hydrogen-bond acceptors (Lipinski definition) is 3. The van der Waals surface area contributed by atoms with Gasteiger partial charge in [-0.2, -0.15) is 0 Å². The normalized spacial score (nSPS) is 21.0. The fourth-order valence-electron chi connectivity index (χ4n) is 4.97. The van der Waals surface area contributed by atoms with E-state index in [1.165, 1.54) is 37.7 Å². The number of anilines is 1. The average Bonchev–Trinajstić information content (AvgIpc) is 3.17. The van der Waals surface area contributed by atoms with Crippen molar-refractivity contribution in [2.24, 2.45) is 5.92 Å². The van der Waals surface area contributed by atoms with E-state index >= 15 is 0 Å². The minimum atomic E-state index is 0.223. The van der Waals surface area contributed by atoms with Crippen LogP contribution in [0.15, 0.2) is 24.3 Å². The number of carbonyl (C=O) groups excluding carboxylic acids is 2. The van der Waals surface area contributed by atoms with Gasteiger partial charge in [0.2, 0.25) is 11.8 Å². The third-order valence-electron chi connectivity index (χ3n) is 6.74. The van der Waals surface area contributed by atoms with Crippen LogP contribution < -0.4 is 4.90 Å². The second-order valence-electron chi connectivity index (χ2n) is 8.60. The lowest BCUT2D eigenvalue weighted by Gasteiger charge is -2.35. The van der Waals surface area contributed by atoms with Gasteiger partial charge in [0.1, 0.15) is 0 Å². The molecule has 4 rings (SSSR count). The second kappa shape index (κ2) is 9.08.